The number of rotatable bonds is 8. The molecule has 2 aromatic carbocycles. The van der Waals surface area contributed by atoms with E-state index in [4.69, 9.17) is 16.3 Å². The van der Waals surface area contributed by atoms with E-state index in [2.05, 4.69) is 5.32 Å². The minimum absolute atomic E-state index is 0.254. The van der Waals surface area contributed by atoms with Gasteiger partial charge in [0.05, 0.1) is 18.5 Å². The van der Waals surface area contributed by atoms with Crippen LogP contribution in [-0.4, -0.2) is 39.8 Å². The third-order valence-corrected chi connectivity index (χ3v) is 5.32. The maximum Gasteiger partial charge on any atom is 0.243 e. The average Bonchev–Trinajstić information content (AvgIpc) is 2.59. The number of hydrogen-bond donors (Lipinski definition) is 1. The molecule has 2 rings (SSSR count). The molecule has 2 aromatic rings. The molecule has 0 fully saturated rings. The van der Waals surface area contributed by atoms with Crippen LogP contribution < -0.4 is 14.4 Å². The summed E-state index contributed by atoms with van der Waals surface area (Å²) in [5.41, 5.74) is 1.47. The number of aryl methyl sites for hydroxylation is 1. The lowest BCUT2D eigenvalue weighted by Crippen LogP contribution is -2.48. The summed E-state index contributed by atoms with van der Waals surface area (Å²) in [5.74, 6) is 0.285. The van der Waals surface area contributed by atoms with Crippen molar-refractivity contribution in [3.05, 3.63) is 59.1 Å². The molecule has 1 N–H and O–H groups in total. The zero-order valence-electron chi connectivity index (χ0n) is 15.5. The molecular weight excluding hydrogens is 388 g/mol. The van der Waals surface area contributed by atoms with Crippen LogP contribution in [0, 0.1) is 6.92 Å². The third kappa shape index (κ3) is 6.15. The molecule has 0 radical (unpaired) electrons. The number of halogens is 1. The van der Waals surface area contributed by atoms with Crippen LogP contribution in [0.4, 0.5) is 5.69 Å². The first-order valence-corrected chi connectivity index (χ1v) is 10.6. The van der Waals surface area contributed by atoms with Crippen LogP contribution >= 0.6 is 11.6 Å². The normalized spacial score (nSPS) is 12.3. The summed E-state index contributed by atoms with van der Waals surface area (Å²) >= 11 is 5.96. The quantitative estimate of drug-likeness (QED) is 0.679. The number of carbonyl (C=O) groups excluding carboxylic acids is 1. The average molecular weight is 411 g/mol. The number of benzene rings is 2. The second kappa shape index (κ2) is 9.10. The van der Waals surface area contributed by atoms with Gasteiger partial charge in [-0.1, -0.05) is 35.4 Å². The zero-order valence-corrected chi connectivity index (χ0v) is 17.0. The molecule has 146 valence electrons. The summed E-state index contributed by atoms with van der Waals surface area (Å²) in [6, 6.07) is 13.0. The summed E-state index contributed by atoms with van der Waals surface area (Å²) in [4.78, 5) is 12.4. The Kier molecular flexibility index (Phi) is 7.10. The molecule has 8 heteroatoms. The van der Waals surface area contributed by atoms with Crippen LogP contribution in [0.5, 0.6) is 5.75 Å². The molecule has 0 saturated carbocycles. The number of nitrogens with zero attached hydrogens (tertiary/aromatic N) is 1. The van der Waals surface area contributed by atoms with Crippen LogP contribution in [0.25, 0.3) is 0 Å². The van der Waals surface area contributed by atoms with Gasteiger partial charge in [0.25, 0.3) is 0 Å². The molecule has 0 aliphatic carbocycles. The van der Waals surface area contributed by atoms with Crippen molar-refractivity contribution in [3.8, 4) is 5.75 Å². The van der Waals surface area contributed by atoms with E-state index in [1.807, 2.05) is 31.2 Å². The lowest BCUT2D eigenvalue weighted by atomic mass is 10.2. The van der Waals surface area contributed by atoms with Gasteiger partial charge in [0, 0.05) is 5.02 Å². The standard InChI is InChI=1S/C19H23ClN2O4S/c1-14-7-9-18(10-8-14)26-12-11-21-19(23)15(2)22(27(3,24)25)17-6-4-5-16(20)13-17/h4-10,13,15H,11-12H2,1-3H3,(H,21,23). The van der Waals surface area contributed by atoms with Gasteiger partial charge < -0.3 is 10.1 Å². The number of nitrogens with one attached hydrogen (secondary N) is 1. The molecule has 1 unspecified atom stereocenters. The maximum absolute atomic E-state index is 12.4. The number of amides is 1. The Balaban J connectivity index is 1.97. The summed E-state index contributed by atoms with van der Waals surface area (Å²) < 4.78 is 31.0. The Morgan fingerprint density at radius 2 is 1.89 bits per heavy atom. The molecule has 0 saturated heterocycles. The van der Waals surface area contributed by atoms with Crippen molar-refractivity contribution in [1.82, 2.24) is 5.32 Å². The Labute approximate surface area is 165 Å². The molecule has 0 aliphatic rings. The van der Waals surface area contributed by atoms with E-state index in [1.165, 1.54) is 13.0 Å². The van der Waals surface area contributed by atoms with Crippen LogP contribution in [0.3, 0.4) is 0 Å². The minimum Gasteiger partial charge on any atom is -0.492 e. The molecule has 0 aromatic heterocycles. The predicted octanol–water partition coefficient (Wildman–Crippen LogP) is 3.00. The van der Waals surface area contributed by atoms with Gasteiger partial charge >= 0.3 is 0 Å². The minimum atomic E-state index is -3.67. The van der Waals surface area contributed by atoms with E-state index in [1.54, 1.807) is 18.2 Å². The molecule has 0 heterocycles. The van der Waals surface area contributed by atoms with Gasteiger partial charge in [-0.15, -0.1) is 0 Å². The van der Waals surface area contributed by atoms with Crippen LogP contribution in [0.1, 0.15) is 12.5 Å². The topological polar surface area (TPSA) is 75.7 Å². The van der Waals surface area contributed by atoms with E-state index in [9.17, 15) is 13.2 Å². The maximum atomic E-state index is 12.4. The number of carbonyl (C=O) groups is 1. The fourth-order valence-electron chi connectivity index (χ4n) is 2.55. The number of sulfonamides is 1. The van der Waals surface area contributed by atoms with E-state index in [0.29, 0.717) is 16.5 Å². The number of ether oxygens (including phenoxy) is 1. The SMILES string of the molecule is Cc1ccc(OCCNC(=O)C(C)N(c2cccc(Cl)c2)S(C)(=O)=O)cc1. The first kappa shape index (κ1) is 21.1. The van der Waals surface area contributed by atoms with Crippen molar-refractivity contribution in [1.29, 1.82) is 0 Å². The predicted molar refractivity (Wildman–Crippen MR) is 108 cm³/mol. The first-order chi connectivity index (χ1) is 12.7. The Hall–Kier alpha value is -2.25. The second-order valence-electron chi connectivity index (χ2n) is 6.17. The van der Waals surface area contributed by atoms with E-state index in [0.717, 1.165) is 16.1 Å². The lowest BCUT2D eigenvalue weighted by molar-refractivity contribution is -0.121. The number of anilines is 1. The molecular formula is C19H23ClN2O4S. The number of hydrogen-bond acceptors (Lipinski definition) is 4. The van der Waals surface area contributed by atoms with Gasteiger partial charge in [0.15, 0.2) is 0 Å². The van der Waals surface area contributed by atoms with Gasteiger partial charge in [-0.3, -0.25) is 9.10 Å². The molecule has 1 atom stereocenters. The van der Waals surface area contributed by atoms with Gasteiger partial charge in [0.1, 0.15) is 18.4 Å². The summed E-state index contributed by atoms with van der Waals surface area (Å²) in [7, 11) is -3.67. The molecule has 27 heavy (non-hydrogen) atoms. The molecule has 0 bridgehead atoms. The summed E-state index contributed by atoms with van der Waals surface area (Å²) in [5, 5.41) is 3.09. The van der Waals surface area contributed by atoms with Crippen LogP contribution in [0.15, 0.2) is 48.5 Å². The smallest absolute Gasteiger partial charge is 0.243 e. The van der Waals surface area contributed by atoms with E-state index >= 15 is 0 Å². The first-order valence-electron chi connectivity index (χ1n) is 8.40. The van der Waals surface area contributed by atoms with Crippen molar-refractivity contribution >= 4 is 33.2 Å². The zero-order chi connectivity index (χ0) is 20.0. The third-order valence-electron chi connectivity index (χ3n) is 3.84. The van der Waals surface area contributed by atoms with Gasteiger partial charge in [-0.05, 0) is 44.2 Å². The highest BCUT2D eigenvalue weighted by Crippen LogP contribution is 2.24. The summed E-state index contributed by atoms with van der Waals surface area (Å²) in [6.07, 6.45) is 1.05. The molecule has 0 aliphatic heterocycles. The largest absolute Gasteiger partial charge is 0.492 e. The monoisotopic (exact) mass is 410 g/mol. The van der Waals surface area contributed by atoms with Crippen molar-refractivity contribution in [3.63, 3.8) is 0 Å². The van der Waals surface area contributed by atoms with Crippen LogP contribution in [-0.2, 0) is 14.8 Å². The molecule has 6 nitrogen and oxygen atoms in total. The van der Waals surface area contributed by atoms with Gasteiger partial charge in [-0.25, -0.2) is 8.42 Å². The van der Waals surface area contributed by atoms with Crippen molar-refractivity contribution in [2.75, 3.05) is 23.7 Å². The summed E-state index contributed by atoms with van der Waals surface area (Å²) in [6.45, 7) is 4.04. The molecule has 1 amide bonds. The Bertz CT molecular complexity index is 885. The second-order valence-corrected chi connectivity index (χ2v) is 8.46. The highest BCUT2D eigenvalue weighted by atomic mass is 35.5. The fraction of sp³-hybridized carbons (Fsp3) is 0.316. The Morgan fingerprint density at radius 3 is 2.48 bits per heavy atom. The van der Waals surface area contributed by atoms with Gasteiger partial charge in [0.2, 0.25) is 15.9 Å². The van der Waals surface area contributed by atoms with Crippen molar-refractivity contribution in [2.45, 2.75) is 19.9 Å². The highest BCUT2D eigenvalue weighted by Gasteiger charge is 2.29. The molecule has 0 spiro atoms. The fourth-order valence-corrected chi connectivity index (χ4v) is 3.90. The van der Waals surface area contributed by atoms with E-state index < -0.39 is 22.0 Å². The van der Waals surface area contributed by atoms with Crippen molar-refractivity contribution < 1.29 is 17.9 Å². The Morgan fingerprint density at radius 1 is 1.22 bits per heavy atom. The van der Waals surface area contributed by atoms with E-state index in [-0.39, 0.29) is 13.2 Å². The van der Waals surface area contributed by atoms with Crippen molar-refractivity contribution in [2.24, 2.45) is 0 Å². The lowest BCUT2D eigenvalue weighted by Gasteiger charge is -2.28. The highest BCUT2D eigenvalue weighted by molar-refractivity contribution is 7.92. The van der Waals surface area contributed by atoms with Crippen LogP contribution in [0.2, 0.25) is 5.02 Å². The van der Waals surface area contributed by atoms with Gasteiger partial charge in [-0.2, -0.15) is 0 Å².